The third-order valence-corrected chi connectivity index (χ3v) is 5.33. The molecule has 1 saturated heterocycles. The molecule has 1 fully saturated rings. The van der Waals surface area contributed by atoms with Crippen LogP contribution >= 0.6 is 11.3 Å². The maximum Gasteiger partial charge on any atom is 0.325 e. The highest BCUT2D eigenvalue weighted by atomic mass is 32.1. The lowest BCUT2D eigenvalue weighted by Crippen LogP contribution is -2.48. The van der Waals surface area contributed by atoms with E-state index in [1.807, 2.05) is 30.3 Å². The lowest BCUT2D eigenvalue weighted by molar-refractivity contribution is -0.134. The molecule has 0 unspecified atom stereocenters. The molecule has 0 saturated carbocycles. The lowest BCUT2D eigenvalue weighted by Gasteiger charge is -2.21. The van der Waals surface area contributed by atoms with E-state index >= 15 is 0 Å². The smallest absolute Gasteiger partial charge is 0.323 e. The second-order valence-electron chi connectivity index (χ2n) is 6.62. The van der Waals surface area contributed by atoms with Crippen LogP contribution in [0.2, 0.25) is 0 Å². The minimum atomic E-state index is -1.08. The molecule has 0 spiro atoms. The first-order valence-electron chi connectivity index (χ1n) is 8.70. The van der Waals surface area contributed by atoms with Gasteiger partial charge in [0.25, 0.3) is 17.7 Å². The molecular weight excluding hydrogens is 380 g/mol. The van der Waals surface area contributed by atoms with E-state index in [2.05, 4.69) is 16.2 Å². The standard InChI is InChI=1S/C19H20N4O4S/c1-19(10-9-13-6-3-2-4-7-13)17(26)23(18(27)20-19)12-15(24)21-22-16(25)14-8-5-11-28-14/h2-8,11H,9-10,12H2,1H3,(H,20,27)(H,21,24)(H,22,25)/t19-/m1/s1. The topological polar surface area (TPSA) is 108 Å². The largest absolute Gasteiger partial charge is 0.325 e. The number of carbonyl (C=O) groups is 4. The number of benzene rings is 1. The number of nitrogens with one attached hydrogen (secondary N) is 3. The minimum Gasteiger partial charge on any atom is -0.323 e. The molecule has 1 atom stereocenters. The van der Waals surface area contributed by atoms with E-state index in [9.17, 15) is 19.2 Å². The average molecular weight is 400 g/mol. The fraction of sp³-hybridized carbons (Fsp3) is 0.263. The van der Waals surface area contributed by atoms with Gasteiger partial charge in [-0.05, 0) is 36.8 Å². The van der Waals surface area contributed by atoms with Crippen LogP contribution in [0.3, 0.4) is 0 Å². The monoisotopic (exact) mass is 400 g/mol. The van der Waals surface area contributed by atoms with Crippen LogP contribution in [0.1, 0.15) is 28.6 Å². The second-order valence-corrected chi connectivity index (χ2v) is 7.57. The molecule has 3 rings (SSSR count). The third-order valence-electron chi connectivity index (χ3n) is 4.46. The Labute approximate surface area is 165 Å². The molecule has 1 aliphatic rings. The SMILES string of the molecule is C[C@]1(CCc2ccccc2)NC(=O)N(CC(=O)NNC(=O)c2cccs2)C1=O. The Morgan fingerprint density at radius 3 is 2.54 bits per heavy atom. The molecule has 2 heterocycles. The van der Waals surface area contributed by atoms with Crippen molar-refractivity contribution in [1.29, 1.82) is 0 Å². The van der Waals surface area contributed by atoms with Gasteiger partial charge in [0.15, 0.2) is 0 Å². The summed E-state index contributed by atoms with van der Waals surface area (Å²) in [4.78, 5) is 50.1. The first-order chi connectivity index (χ1) is 13.4. The van der Waals surface area contributed by atoms with E-state index in [0.29, 0.717) is 17.7 Å². The maximum absolute atomic E-state index is 12.7. The van der Waals surface area contributed by atoms with Gasteiger partial charge < -0.3 is 5.32 Å². The van der Waals surface area contributed by atoms with Crippen molar-refractivity contribution in [3.8, 4) is 0 Å². The molecule has 9 heteroatoms. The number of thiophene rings is 1. The lowest BCUT2D eigenvalue weighted by atomic mass is 9.93. The van der Waals surface area contributed by atoms with Crippen LogP contribution < -0.4 is 16.2 Å². The van der Waals surface area contributed by atoms with E-state index < -0.39 is 35.8 Å². The fourth-order valence-corrected chi connectivity index (χ4v) is 3.50. The summed E-state index contributed by atoms with van der Waals surface area (Å²) in [7, 11) is 0. The summed E-state index contributed by atoms with van der Waals surface area (Å²) in [5.41, 5.74) is 4.45. The molecule has 28 heavy (non-hydrogen) atoms. The van der Waals surface area contributed by atoms with E-state index in [1.165, 1.54) is 11.3 Å². The predicted molar refractivity (Wildman–Crippen MR) is 103 cm³/mol. The molecule has 1 aromatic carbocycles. The van der Waals surface area contributed by atoms with Gasteiger partial charge in [0.05, 0.1) is 4.88 Å². The van der Waals surface area contributed by atoms with Gasteiger partial charge in [0.2, 0.25) is 0 Å². The molecule has 146 valence electrons. The van der Waals surface area contributed by atoms with E-state index in [0.717, 1.165) is 10.5 Å². The van der Waals surface area contributed by atoms with Crippen LogP contribution in [0.4, 0.5) is 4.79 Å². The van der Waals surface area contributed by atoms with Gasteiger partial charge >= 0.3 is 6.03 Å². The highest BCUT2D eigenvalue weighted by molar-refractivity contribution is 7.12. The summed E-state index contributed by atoms with van der Waals surface area (Å²) >= 11 is 1.23. The van der Waals surface area contributed by atoms with Gasteiger partial charge in [-0.25, -0.2) is 4.79 Å². The molecule has 0 aliphatic carbocycles. The van der Waals surface area contributed by atoms with Crippen LogP contribution in [0.15, 0.2) is 47.8 Å². The first kappa shape index (κ1) is 19.6. The Balaban J connectivity index is 1.54. The Morgan fingerprint density at radius 1 is 1.11 bits per heavy atom. The van der Waals surface area contributed by atoms with Gasteiger partial charge in [-0.1, -0.05) is 36.4 Å². The van der Waals surface area contributed by atoms with Gasteiger partial charge in [0, 0.05) is 0 Å². The molecule has 3 N–H and O–H groups in total. The number of aryl methyl sites for hydroxylation is 1. The highest BCUT2D eigenvalue weighted by Crippen LogP contribution is 2.23. The third kappa shape index (κ3) is 4.37. The highest BCUT2D eigenvalue weighted by Gasteiger charge is 2.47. The molecule has 0 radical (unpaired) electrons. The summed E-state index contributed by atoms with van der Waals surface area (Å²) in [5, 5.41) is 4.40. The van der Waals surface area contributed by atoms with Crippen LogP contribution in [0.5, 0.6) is 0 Å². The van der Waals surface area contributed by atoms with Crippen molar-refractivity contribution in [2.45, 2.75) is 25.3 Å². The summed E-state index contributed by atoms with van der Waals surface area (Å²) in [6.07, 6.45) is 1.02. The second kappa shape index (κ2) is 8.22. The van der Waals surface area contributed by atoms with Crippen LogP contribution in [0, 0.1) is 0 Å². The number of hydrazine groups is 1. The summed E-state index contributed by atoms with van der Waals surface area (Å²) in [5.74, 6) is -1.60. The Morgan fingerprint density at radius 2 is 1.86 bits per heavy atom. The van der Waals surface area contributed by atoms with E-state index in [1.54, 1.807) is 24.4 Å². The minimum absolute atomic E-state index is 0.412. The summed E-state index contributed by atoms with van der Waals surface area (Å²) in [6, 6.07) is 12.3. The van der Waals surface area contributed by atoms with E-state index in [-0.39, 0.29) is 0 Å². The number of nitrogens with zero attached hydrogens (tertiary/aromatic N) is 1. The van der Waals surface area contributed by atoms with Gasteiger partial charge in [0.1, 0.15) is 12.1 Å². The van der Waals surface area contributed by atoms with Gasteiger partial charge in [-0.2, -0.15) is 0 Å². The number of carbonyl (C=O) groups excluding carboxylic acids is 4. The van der Waals surface area contributed by atoms with Crippen molar-refractivity contribution in [1.82, 2.24) is 21.1 Å². The fourth-order valence-electron chi connectivity index (χ4n) is 2.88. The van der Waals surface area contributed by atoms with Crippen LogP contribution in [0.25, 0.3) is 0 Å². The van der Waals surface area contributed by atoms with Crippen molar-refractivity contribution in [2.75, 3.05) is 6.54 Å². The van der Waals surface area contributed by atoms with Crippen LogP contribution in [-0.2, 0) is 16.0 Å². The van der Waals surface area contributed by atoms with Gasteiger partial charge in [-0.3, -0.25) is 30.1 Å². The molecule has 8 nitrogen and oxygen atoms in total. The predicted octanol–water partition coefficient (Wildman–Crippen LogP) is 1.45. The Hall–Kier alpha value is -3.20. The first-order valence-corrected chi connectivity index (χ1v) is 9.58. The average Bonchev–Trinajstić information content (AvgIpc) is 3.29. The molecule has 2 aromatic rings. The normalized spacial score (nSPS) is 18.7. The van der Waals surface area contributed by atoms with Crippen LogP contribution in [-0.4, -0.2) is 40.7 Å². The zero-order valence-corrected chi connectivity index (χ0v) is 16.0. The summed E-state index contributed by atoms with van der Waals surface area (Å²) in [6.45, 7) is 1.17. The van der Waals surface area contributed by atoms with Crippen molar-refractivity contribution in [3.63, 3.8) is 0 Å². The molecule has 1 aromatic heterocycles. The number of rotatable bonds is 6. The molecular formula is C19H20N4O4S. The van der Waals surface area contributed by atoms with Crippen molar-refractivity contribution in [3.05, 3.63) is 58.3 Å². The van der Waals surface area contributed by atoms with Crippen molar-refractivity contribution >= 4 is 35.1 Å². The summed E-state index contributed by atoms with van der Waals surface area (Å²) < 4.78 is 0. The quantitative estimate of drug-likeness (QED) is 0.504. The van der Waals surface area contributed by atoms with Gasteiger partial charge in [-0.15, -0.1) is 11.3 Å². The van der Waals surface area contributed by atoms with Crippen molar-refractivity contribution in [2.24, 2.45) is 0 Å². The molecule has 5 amide bonds. The number of imide groups is 1. The number of hydrogen-bond donors (Lipinski definition) is 3. The molecule has 0 bridgehead atoms. The number of urea groups is 1. The Bertz CT molecular complexity index is 885. The van der Waals surface area contributed by atoms with E-state index in [4.69, 9.17) is 0 Å². The number of amides is 5. The van der Waals surface area contributed by atoms with Crippen molar-refractivity contribution < 1.29 is 19.2 Å². The number of hydrogen-bond acceptors (Lipinski definition) is 5. The zero-order chi connectivity index (χ0) is 20.1. The Kier molecular flexibility index (Phi) is 5.74. The zero-order valence-electron chi connectivity index (χ0n) is 15.2. The molecule has 1 aliphatic heterocycles. The maximum atomic E-state index is 12.7.